The van der Waals surface area contributed by atoms with Gasteiger partial charge in [0, 0.05) is 36.7 Å². The Morgan fingerprint density at radius 1 is 1.19 bits per heavy atom. The molecule has 0 aromatic heterocycles. The van der Waals surface area contributed by atoms with Gasteiger partial charge in [-0.2, -0.15) is 0 Å². The first kappa shape index (κ1) is 20.1. The highest BCUT2D eigenvalue weighted by molar-refractivity contribution is 7.90. The molecule has 7 nitrogen and oxygen atoms in total. The van der Waals surface area contributed by atoms with Crippen LogP contribution in [0.3, 0.4) is 0 Å². The molecule has 1 aromatic carbocycles. The van der Waals surface area contributed by atoms with Crippen LogP contribution in [-0.4, -0.2) is 44.8 Å². The van der Waals surface area contributed by atoms with E-state index in [4.69, 9.17) is 0 Å². The second-order valence-electron chi connectivity index (χ2n) is 7.31. The van der Waals surface area contributed by atoms with Crippen LogP contribution in [0.15, 0.2) is 34.2 Å². The van der Waals surface area contributed by atoms with Crippen LogP contribution in [0, 0.1) is 0 Å². The third-order valence-corrected chi connectivity index (χ3v) is 6.73. The van der Waals surface area contributed by atoms with E-state index < -0.39 is 10.0 Å². The number of hydrogen-bond acceptors (Lipinski definition) is 5. The van der Waals surface area contributed by atoms with E-state index in [-0.39, 0.29) is 29.3 Å². The fourth-order valence-electron chi connectivity index (χ4n) is 4.16. The molecule has 2 bridgehead atoms. The maximum absolute atomic E-state index is 12.2. The Morgan fingerprint density at radius 3 is 2.63 bits per heavy atom. The molecule has 0 saturated carbocycles. The van der Waals surface area contributed by atoms with Gasteiger partial charge >= 0.3 is 0 Å². The number of carbonyl (C=O) groups excluding carboxylic acids is 1. The number of amides is 1. The summed E-state index contributed by atoms with van der Waals surface area (Å²) in [5.41, 5.74) is 0.599. The van der Waals surface area contributed by atoms with E-state index in [2.05, 4.69) is 20.3 Å². The van der Waals surface area contributed by atoms with Gasteiger partial charge in [0.1, 0.15) is 5.84 Å². The van der Waals surface area contributed by atoms with Gasteiger partial charge in [-0.15, -0.1) is 12.4 Å². The molecule has 9 heteroatoms. The first-order valence-corrected chi connectivity index (χ1v) is 10.7. The summed E-state index contributed by atoms with van der Waals surface area (Å²) in [6, 6.07) is 8.18. The molecule has 0 aliphatic carbocycles. The van der Waals surface area contributed by atoms with Crippen molar-refractivity contribution in [2.24, 2.45) is 4.99 Å². The minimum atomic E-state index is -3.50. The lowest BCUT2D eigenvalue weighted by molar-refractivity contribution is -0.122. The molecule has 148 valence electrons. The van der Waals surface area contributed by atoms with E-state index >= 15 is 0 Å². The second-order valence-corrected chi connectivity index (χ2v) is 8.96. The average Bonchev–Trinajstić information content (AvgIpc) is 3.08. The van der Waals surface area contributed by atoms with Crippen molar-refractivity contribution < 1.29 is 13.2 Å². The minimum Gasteiger partial charge on any atom is -0.353 e. The molecule has 2 fully saturated rings. The highest BCUT2D eigenvalue weighted by atomic mass is 35.5. The number of amidine groups is 1. The van der Waals surface area contributed by atoms with Gasteiger partial charge in [-0.25, -0.2) is 8.42 Å². The van der Waals surface area contributed by atoms with E-state index in [1.165, 1.54) is 12.8 Å². The molecule has 3 heterocycles. The Kier molecular flexibility index (Phi) is 6.08. The number of halogens is 1. The Labute approximate surface area is 165 Å². The topological polar surface area (TPSA) is 99.7 Å². The molecule has 3 N–H and O–H groups in total. The van der Waals surface area contributed by atoms with Gasteiger partial charge in [-0.3, -0.25) is 14.5 Å². The van der Waals surface area contributed by atoms with Crippen molar-refractivity contribution in [3.8, 4) is 0 Å². The molecule has 3 aliphatic heterocycles. The summed E-state index contributed by atoms with van der Waals surface area (Å²) in [6.45, 7) is 0.414. The summed E-state index contributed by atoms with van der Waals surface area (Å²) in [4.78, 5) is 16.8. The molecule has 3 aliphatic rings. The minimum absolute atomic E-state index is 0. The van der Waals surface area contributed by atoms with Gasteiger partial charge in [0.05, 0.1) is 4.90 Å². The van der Waals surface area contributed by atoms with Gasteiger partial charge in [0.2, 0.25) is 5.91 Å². The largest absolute Gasteiger partial charge is 0.353 e. The number of rotatable bonds is 5. The Bertz CT molecular complexity index is 831. The average molecular weight is 413 g/mol. The molecular weight excluding hydrogens is 388 g/mol. The van der Waals surface area contributed by atoms with E-state index in [0.717, 1.165) is 12.8 Å². The molecule has 27 heavy (non-hydrogen) atoms. The number of nitrogens with one attached hydrogen (secondary N) is 3. The lowest BCUT2D eigenvalue weighted by atomic mass is 9.99. The zero-order valence-corrected chi connectivity index (χ0v) is 16.6. The standard InChI is InChI=1S/C18H24N4O3S.ClH/c23-17(21-14-10-12-7-8-13(11-14)20-12)6-3-9-19-18-15-4-1-2-5-16(15)26(24,25)22-18;/h1-2,4-5,12-14,20H,3,6-11H2,(H,19,22)(H,21,23);1H. The van der Waals surface area contributed by atoms with Gasteiger partial charge in [-0.05, 0) is 44.2 Å². The van der Waals surface area contributed by atoms with Crippen molar-refractivity contribution in [1.82, 2.24) is 15.4 Å². The van der Waals surface area contributed by atoms with Crippen LogP contribution in [0.4, 0.5) is 0 Å². The third-order valence-electron chi connectivity index (χ3n) is 5.33. The van der Waals surface area contributed by atoms with Crippen molar-refractivity contribution in [2.75, 3.05) is 6.54 Å². The summed E-state index contributed by atoms with van der Waals surface area (Å²) in [7, 11) is -3.50. The summed E-state index contributed by atoms with van der Waals surface area (Å²) in [6.07, 6.45) is 5.46. The fraction of sp³-hybridized carbons (Fsp3) is 0.556. The van der Waals surface area contributed by atoms with Crippen molar-refractivity contribution in [1.29, 1.82) is 0 Å². The summed E-state index contributed by atoms with van der Waals surface area (Å²) >= 11 is 0. The predicted octanol–water partition coefficient (Wildman–Crippen LogP) is 1.33. The number of carbonyl (C=O) groups is 1. The summed E-state index contributed by atoms with van der Waals surface area (Å²) in [5, 5.41) is 6.70. The molecule has 2 saturated heterocycles. The number of aliphatic imine (C=N–C) groups is 1. The summed E-state index contributed by atoms with van der Waals surface area (Å²) < 4.78 is 26.5. The number of piperidine rings is 1. The first-order valence-electron chi connectivity index (χ1n) is 9.23. The molecule has 1 aromatic rings. The van der Waals surface area contributed by atoms with Crippen LogP contribution in [0.25, 0.3) is 0 Å². The monoisotopic (exact) mass is 412 g/mol. The molecule has 2 atom stereocenters. The van der Waals surface area contributed by atoms with Crippen molar-refractivity contribution in [2.45, 2.75) is 61.5 Å². The van der Waals surface area contributed by atoms with Crippen LogP contribution in [0.1, 0.15) is 44.1 Å². The van der Waals surface area contributed by atoms with Gasteiger partial charge in [-0.1, -0.05) is 12.1 Å². The van der Waals surface area contributed by atoms with E-state index in [1.54, 1.807) is 24.3 Å². The maximum Gasteiger partial charge on any atom is 0.263 e. The van der Waals surface area contributed by atoms with Crippen molar-refractivity contribution in [3.63, 3.8) is 0 Å². The quantitative estimate of drug-likeness (QED) is 0.635. The number of sulfonamides is 1. The smallest absolute Gasteiger partial charge is 0.263 e. The zero-order valence-electron chi connectivity index (χ0n) is 15.0. The van der Waals surface area contributed by atoms with Gasteiger partial charge in [0.15, 0.2) is 0 Å². The summed E-state index contributed by atoms with van der Waals surface area (Å²) in [5.74, 6) is 0.430. The molecular formula is C18H25ClN4O3S. The van der Waals surface area contributed by atoms with Crippen molar-refractivity contribution in [3.05, 3.63) is 29.8 Å². The molecule has 1 amide bonds. The van der Waals surface area contributed by atoms with Gasteiger partial charge < -0.3 is 10.6 Å². The van der Waals surface area contributed by atoms with Crippen molar-refractivity contribution >= 4 is 34.2 Å². The first-order chi connectivity index (χ1) is 12.5. The number of nitrogens with zero attached hydrogens (tertiary/aromatic N) is 1. The third kappa shape index (κ3) is 4.44. The van der Waals surface area contributed by atoms with E-state index in [0.29, 0.717) is 42.9 Å². The number of fused-ring (bicyclic) bond motifs is 3. The maximum atomic E-state index is 12.2. The van der Waals surface area contributed by atoms with E-state index in [1.807, 2.05) is 0 Å². The SMILES string of the molecule is Cl.O=C(CCCN=C1NS(=O)(=O)c2ccccc21)NC1CC2CCC(C1)N2. The van der Waals surface area contributed by atoms with Crippen LogP contribution in [0.2, 0.25) is 0 Å². The van der Waals surface area contributed by atoms with Gasteiger partial charge in [0.25, 0.3) is 10.0 Å². The molecule has 0 spiro atoms. The zero-order chi connectivity index (χ0) is 18.1. The van der Waals surface area contributed by atoms with Crippen LogP contribution >= 0.6 is 12.4 Å². The number of hydrogen-bond donors (Lipinski definition) is 3. The normalized spacial score (nSPS) is 28.9. The molecule has 4 rings (SSSR count). The second kappa shape index (κ2) is 8.16. The lowest BCUT2D eigenvalue weighted by Crippen LogP contribution is -2.48. The fourth-order valence-corrected chi connectivity index (χ4v) is 5.41. The lowest BCUT2D eigenvalue weighted by Gasteiger charge is -2.29. The predicted molar refractivity (Wildman–Crippen MR) is 106 cm³/mol. The van der Waals surface area contributed by atoms with E-state index in [9.17, 15) is 13.2 Å². The van der Waals surface area contributed by atoms with Crippen LogP contribution in [-0.2, 0) is 14.8 Å². The Morgan fingerprint density at radius 2 is 1.89 bits per heavy atom. The highest BCUT2D eigenvalue weighted by Gasteiger charge is 2.34. The number of benzene rings is 1. The Balaban J connectivity index is 0.00000210. The molecule has 2 unspecified atom stereocenters. The highest BCUT2D eigenvalue weighted by Crippen LogP contribution is 2.26. The Hall–Kier alpha value is -1.64. The van der Waals surface area contributed by atoms with Crippen LogP contribution < -0.4 is 15.4 Å². The van der Waals surface area contributed by atoms with Crippen LogP contribution in [0.5, 0.6) is 0 Å². The molecule has 0 radical (unpaired) electrons.